The molecule has 3 N–H and O–H groups in total. The second kappa shape index (κ2) is 16.5. The van der Waals surface area contributed by atoms with E-state index in [0.717, 1.165) is 57.8 Å². The van der Waals surface area contributed by atoms with Crippen LogP contribution in [0.25, 0.3) is 0 Å². The molecular weight excluding hydrogens is 715 g/mol. The molecule has 4 aliphatic carbocycles. The molecule has 54 heavy (non-hydrogen) atoms. The van der Waals surface area contributed by atoms with E-state index in [1.54, 1.807) is 13.0 Å². The molecule has 4 fully saturated rings. The fourth-order valence-corrected chi connectivity index (χ4v) is 12.5. The summed E-state index contributed by atoms with van der Waals surface area (Å²) in [5.41, 5.74) is 0.338. The van der Waals surface area contributed by atoms with Crippen molar-refractivity contribution in [3.8, 4) is 5.88 Å². The van der Waals surface area contributed by atoms with E-state index in [4.69, 9.17) is 9.47 Å². The molecular formula is C40H59N3O10S. The van der Waals surface area contributed by atoms with Crippen LogP contribution in [0.15, 0.2) is 44.9 Å². The summed E-state index contributed by atoms with van der Waals surface area (Å²) in [6.07, 6.45) is 10.2. The van der Waals surface area contributed by atoms with Gasteiger partial charge in [-0.15, -0.1) is 0 Å². The second-order valence-corrected chi connectivity index (χ2v) is 19.1. The van der Waals surface area contributed by atoms with Gasteiger partial charge in [-0.1, -0.05) is 39.0 Å². The van der Waals surface area contributed by atoms with Crippen molar-refractivity contribution in [1.29, 1.82) is 0 Å². The number of aliphatic hydroxyl groups excluding tert-OH is 2. The summed E-state index contributed by atoms with van der Waals surface area (Å²) in [7, 11) is -4.20. The molecule has 0 bridgehead atoms. The Morgan fingerprint density at radius 2 is 1.70 bits per heavy atom. The smallest absolute Gasteiger partial charge is 0.414 e. The van der Waals surface area contributed by atoms with Gasteiger partial charge >= 0.3 is 16.9 Å². The quantitative estimate of drug-likeness (QED) is 0.123. The average molecular weight is 774 g/mol. The fraction of sp³-hybridized carbons (Fsp3) is 0.750. The number of nitrogens with zero attached hydrogens (tertiary/aromatic N) is 2. The molecule has 13 nitrogen and oxygen atoms in total. The lowest BCUT2D eigenvalue weighted by molar-refractivity contribution is -0.832. The minimum Gasteiger partial charge on any atom is -0.464 e. The number of esters is 1. The van der Waals surface area contributed by atoms with Gasteiger partial charge in [0.1, 0.15) is 6.04 Å². The summed E-state index contributed by atoms with van der Waals surface area (Å²) >= 11 is 0. The fourth-order valence-electron chi connectivity index (χ4n) is 11.2. The molecule has 11 atom stereocenters. The van der Waals surface area contributed by atoms with E-state index >= 15 is 0 Å². The number of hydrogen-bond acceptors (Lipinski definition) is 11. The van der Waals surface area contributed by atoms with Crippen LogP contribution in [0.3, 0.4) is 0 Å². The van der Waals surface area contributed by atoms with Crippen molar-refractivity contribution in [1.82, 2.24) is 10.5 Å². The molecule has 14 heteroatoms. The number of amides is 1. The number of hydrogen-bond donors (Lipinski definition) is 3. The maximum Gasteiger partial charge on any atom is 0.414 e. The Balaban J connectivity index is 0.887. The number of benzene rings is 1. The van der Waals surface area contributed by atoms with E-state index in [9.17, 15) is 33.4 Å². The van der Waals surface area contributed by atoms with E-state index in [1.165, 1.54) is 24.3 Å². The molecule has 1 aromatic heterocycles. The first-order chi connectivity index (χ1) is 25.7. The molecule has 6 rings (SSSR count). The van der Waals surface area contributed by atoms with Crippen molar-refractivity contribution in [2.75, 3.05) is 13.2 Å². The highest BCUT2D eigenvalue weighted by molar-refractivity contribution is 7.91. The van der Waals surface area contributed by atoms with Crippen molar-refractivity contribution in [2.24, 2.45) is 46.3 Å². The molecule has 1 heterocycles. The Kier molecular flexibility index (Phi) is 12.3. The lowest BCUT2D eigenvalue weighted by atomic mass is 9.43. The van der Waals surface area contributed by atoms with Gasteiger partial charge in [0.05, 0.1) is 35.5 Å². The van der Waals surface area contributed by atoms with Crippen LogP contribution >= 0.6 is 0 Å². The standard InChI is InChI=1S/C40H59N3O10S/c1-25(30-14-15-31-35-32(18-20-40(30,31)4)39(3)19-17-28(44)23-27(39)24-33(35)45)13-16-34(46)41-26(2)38(47)52-22-10-6-9-21-51-36-37(43(48)53-42-36)54(49,50)29-11-7-5-8-12-29/h5,7-8,11-12,25-28,30-33,35,44-45H,6,9-10,13-24H2,1-4H3,(H,41,46)/t25-,26+,27+,28-,30-,31+,32+,33+,35?,39+,40-/m1/s1. The minimum atomic E-state index is -4.20. The number of rotatable bonds is 15. The lowest BCUT2D eigenvalue weighted by Crippen LogP contribution is -2.58. The van der Waals surface area contributed by atoms with Crippen LogP contribution in [0.5, 0.6) is 5.88 Å². The summed E-state index contributed by atoms with van der Waals surface area (Å²) in [4.78, 5) is 25.3. The van der Waals surface area contributed by atoms with Crippen LogP contribution in [0, 0.1) is 51.5 Å². The third-order valence-electron chi connectivity index (χ3n) is 14.1. The molecule has 300 valence electrons. The molecule has 4 saturated carbocycles. The molecule has 2 aromatic rings. The van der Waals surface area contributed by atoms with Gasteiger partial charge in [-0.25, -0.2) is 13.2 Å². The van der Waals surface area contributed by atoms with Crippen molar-refractivity contribution < 1.29 is 47.2 Å². The molecule has 0 aliphatic heterocycles. The lowest BCUT2D eigenvalue weighted by Gasteiger charge is -2.62. The first kappa shape index (κ1) is 40.4. The predicted octanol–water partition coefficient (Wildman–Crippen LogP) is 5.14. The van der Waals surface area contributed by atoms with Crippen molar-refractivity contribution in [3.05, 3.63) is 35.5 Å². The van der Waals surface area contributed by atoms with Gasteiger partial charge in [0, 0.05) is 6.42 Å². The van der Waals surface area contributed by atoms with E-state index in [2.05, 4.69) is 35.9 Å². The van der Waals surface area contributed by atoms with E-state index in [1.807, 2.05) is 0 Å². The normalized spacial score (nSPS) is 33.1. The molecule has 4 aliphatic rings. The Hall–Kier alpha value is -3.23. The molecule has 1 amide bonds. The highest BCUT2D eigenvalue weighted by Crippen LogP contribution is 2.68. The zero-order valence-electron chi connectivity index (χ0n) is 32.2. The van der Waals surface area contributed by atoms with Gasteiger partial charge < -0.3 is 30.2 Å². The van der Waals surface area contributed by atoms with Crippen LogP contribution in [-0.2, 0) is 24.2 Å². The molecule has 0 radical (unpaired) electrons. The Labute approximate surface area is 319 Å². The average Bonchev–Trinajstić information content (AvgIpc) is 3.70. The third kappa shape index (κ3) is 8.02. The number of carbonyl (C=O) groups excluding carboxylic acids is 2. The van der Waals surface area contributed by atoms with Crippen molar-refractivity contribution >= 4 is 21.7 Å². The van der Waals surface area contributed by atoms with Crippen LogP contribution in [-0.4, -0.2) is 67.1 Å². The number of aromatic nitrogens is 2. The highest BCUT2D eigenvalue weighted by Gasteiger charge is 2.62. The SMILES string of the molecule is C[C@H](NC(=O)CC[C@@H](C)[C@H]1CC[C@H]2C3[C@@H](O)C[C@@H]4C[C@H](O)CC[C@]4(C)[C@H]3CC[C@]12C)C(=O)OCCCCCOc1no[n+]([O-])c1S(=O)(=O)c1ccccc1. The minimum absolute atomic E-state index is 0.0675. The van der Waals surface area contributed by atoms with Gasteiger partial charge in [0.15, 0.2) is 0 Å². The first-order valence-corrected chi connectivity index (χ1v) is 21.5. The maximum atomic E-state index is 12.9. The Morgan fingerprint density at radius 1 is 1.00 bits per heavy atom. The highest BCUT2D eigenvalue weighted by atomic mass is 32.2. The van der Waals surface area contributed by atoms with Gasteiger partial charge in [-0.05, 0) is 147 Å². The maximum absolute atomic E-state index is 12.9. The van der Waals surface area contributed by atoms with Gasteiger partial charge in [-0.2, -0.15) is 0 Å². The Bertz CT molecular complexity index is 1720. The second-order valence-electron chi connectivity index (χ2n) is 17.2. The number of ether oxygens (including phenoxy) is 2. The number of carbonyl (C=O) groups is 2. The van der Waals surface area contributed by atoms with Crippen molar-refractivity contribution in [2.45, 2.75) is 139 Å². The van der Waals surface area contributed by atoms with Crippen LogP contribution in [0.2, 0.25) is 0 Å². The number of aliphatic hydroxyl groups is 2. The van der Waals surface area contributed by atoms with E-state index in [-0.39, 0.29) is 52.0 Å². The summed E-state index contributed by atoms with van der Waals surface area (Å²) in [6, 6.07) is 6.67. The van der Waals surface area contributed by atoms with Gasteiger partial charge in [0.25, 0.3) is 9.84 Å². The number of sulfone groups is 1. The number of fused-ring (bicyclic) bond motifs is 5. The molecule has 0 saturated heterocycles. The Morgan fingerprint density at radius 3 is 2.46 bits per heavy atom. The molecule has 0 spiro atoms. The van der Waals surface area contributed by atoms with Crippen LogP contribution < -0.4 is 15.0 Å². The zero-order valence-corrected chi connectivity index (χ0v) is 33.0. The summed E-state index contributed by atoms with van der Waals surface area (Å²) in [6.45, 7) is 8.97. The van der Waals surface area contributed by atoms with Gasteiger partial charge in [0.2, 0.25) is 5.91 Å². The topological polar surface area (TPSA) is 192 Å². The van der Waals surface area contributed by atoms with Crippen molar-refractivity contribution in [3.63, 3.8) is 0 Å². The summed E-state index contributed by atoms with van der Waals surface area (Å²) in [5.74, 6) is 1.43. The third-order valence-corrected chi connectivity index (χ3v) is 15.8. The molecule has 1 unspecified atom stereocenters. The largest absolute Gasteiger partial charge is 0.464 e. The zero-order chi connectivity index (χ0) is 38.8. The first-order valence-electron chi connectivity index (χ1n) is 20.0. The van der Waals surface area contributed by atoms with E-state index < -0.39 is 32.8 Å². The monoisotopic (exact) mass is 773 g/mol. The number of unbranched alkanes of at least 4 members (excludes halogenated alkanes) is 2. The number of nitrogens with one attached hydrogen (secondary N) is 1. The molecule has 1 aromatic carbocycles. The van der Waals surface area contributed by atoms with E-state index in [0.29, 0.717) is 61.2 Å². The van der Waals surface area contributed by atoms with Gasteiger partial charge in [-0.3, -0.25) is 9.42 Å². The van der Waals surface area contributed by atoms with Crippen LogP contribution in [0.1, 0.15) is 111 Å². The predicted molar refractivity (Wildman–Crippen MR) is 196 cm³/mol. The summed E-state index contributed by atoms with van der Waals surface area (Å²) in [5, 5.41) is 39.5. The van der Waals surface area contributed by atoms with Crippen LogP contribution in [0.4, 0.5) is 0 Å². The summed E-state index contributed by atoms with van der Waals surface area (Å²) < 4.78 is 41.1.